The molecule has 1 aromatic rings. The number of fused-ring (bicyclic) bond motifs is 1. The summed E-state index contributed by atoms with van der Waals surface area (Å²) >= 11 is 0. The predicted molar refractivity (Wildman–Crippen MR) is 73.1 cm³/mol. The van der Waals surface area contributed by atoms with Crippen molar-refractivity contribution >= 4 is 11.9 Å². The second kappa shape index (κ2) is 5.73. The maximum absolute atomic E-state index is 12.5. The van der Waals surface area contributed by atoms with Crippen molar-refractivity contribution in [1.82, 2.24) is 4.90 Å². The van der Waals surface area contributed by atoms with Crippen molar-refractivity contribution in [3.05, 3.63) is 29.8 Å². The van der Waals surface area contributed by atoms with Gasteiger partial charge < -0.3 is 19.5 Å². The summed E-state index contributed by atoms with van der Waals surface area (Å²) in [5, 5.41) is 8.81. The van der Waals surface area contributed by atoms with Crippen LogP contribution in [0, 0.1) is 0 Å². The normalized spacial score (nSPS) is 24.3. The van der Waals surface area contributed by atoms with Crippen LogP contribution < -0.4 is 4.74 Å². The minimum atomic E-state index is -0.918. The van der Waals surface area contributed by atoms with E-state index in [0.717, 1.165) is 11.3 Å². The standard InChI is InChI=1S/C15H17NO5/c17-14(18)8-11-9-16(5-6-20-11)15(19)13-7-10-3-1-2-4-12(10)21-13/h1-4,11,13H,5-9H2,(H,17,18)/t11-,13+/m0/s1. The largest absolute Gasteiger partial charge is 0.481 e. The lowest BCUT2D eigenvalue weighted by molar-refractivity contribution is -0.151. The maximum Gasteiger partial charge on any atom is 0.306 e. The Bertz CT molecular complexity index is 534. The second-order valence-electron chi connectivity index (χ2n) is 5.29. The maximum atomic E-state index is 12.5. The van der Waals surface area contributed by atoms with Crippen LogP contribution in [0.25, 0.3) is 0 Å². The zero-order chi connectivity index (χ0) is 14.8. The molecule has 1 N–H and O–H groups in total. The molecule has 6 nitrogen and oxygen atoms in total. The van der Waals surface area contributed by atoms with Crippen molar-refractivity contribution in [2.75, 3.05) is 19.7 Å². The molecular weight excluding hydrogens is 274 g/mol. The highest BCUT2D eigenvalue weighted by molar-refractivity contribution is 5.83. The minimum absolute atomic E-state index is 0.0878. The first-order valence-corrected chi connectivity index (χ1v) is 7.00. The van der Waals surface area contributed by atoms with Gasteiger partial charge >= 0.3 is 5.97 Å². The van der Waals surface area contributed by atoms with Crippen molar-refractivity contribution in [3.63, 3.8) is 0 Å². The summed E-state index contributed by atoms with van der Waals surface area (Å²) in [4.78, 5) is 24.9. The van der Waals surface area contributed by atoms with E-state index in [1.807, 2.05) is 24.3 Å². The van der Waals surface area contributed by atoms with Crippen LogP contribution >= 0.6 is 0 Å². The zero-order valence-electron chi connectivity index (χ0n) is 11.5. The van der Waals surface area contributed by atoms with E-state index in [-0.39, 0.29) is 12.3 Å². The van der Waals surface area contributed by atoms with Crippen molar-refractivity contribution in [2.45, 2.75) is 25.0 Å². The van der Waals surface area contributed by atoms with Gasteiger partial charge in [-0.2, -0.15) is 0 Å². The van der Waals surface area contributed by atoms with E-state index in [0.29, 0.717) is 26.1 Å². The van der Waals surface area contributed by atoms with E-state index in [1.165, 1.54) is 0 Å². The van der Waals surface area contributed by atoms with Gasteiger partial charge in [0.1, 0.15) is 5.75 Å². The molecule has 0 aliphatic carbocycles. The molecule has 1 aromatic carbocycles. The third-order valence-corrected chi connectivity index (χ3v) is 3.78. The fraction of sp³-hybridized carbons (Fsp3) is 0.467. The van der Waals surface area contributed by atoms with Gasteiger partial charge in [0.2, 0.25) is 0 Å². The fourth-order valence-electron chi connectivity index (χ4n) is 2.76. The first-order chi connectivity index (χ1) is 10.1. The number of hydrogen-bond donors (Lipinski definition) is 1. The van der Waals surface area contributed by atoms with E-state index < -0.39 is 18.2 Å². The lowest BCUT2D eigenvalue weighted by Crippen LogP contribution is -2.50. The Balaban J connectivity index is 1.62. The molecule has 2 aliphatic rings. The molecule has 1 amide bonds. The number of carboxylic acids is 1. The smallest absolute Gasteiger partial charge is 0.306 e. The molecular formula is C15H17NO5. The number of hydrogen-bond acceptors (Lipinski definition) is 4. The topological polar surface area (TPSA) is 76.1 Å². The van der Waals surface area contributed by atoms with E-state index in [1.54, 1.807) is 4.90 Å². The lowest BCUT2D eigenvalue weighted by atomic mass is 10.1. The van der Waals surface area contributed by atoms with Crippen LogP contribution in [0.4, 0.5) is 0 Å². The average Bonchev–Trinajstić information content (AvgIpc) is 2.90. The van der Waals surface area contributed by atoms with Crippen LogP contribution in [0.3, 0.4) is 0 Å². The summed E-state index contributed by atoms with van der Waals surface area (Å²) in [7, 11) is 0. The van der Waals surface area contributed by atoms with Crippen LogP contribution in [0.1, 0.15) is 12.0 Å². The summed E-state index contributed by atoms with van der Waals surface area (Å²) < 4.78 is 11.1. The number of amides is 1. The SMILES string of the molecule is O=C(O)C[C@H]1CN(C(=O)[C@H]2Cc3ccccc3O2)CCO1. The molecule has 112 valence electrons. The van der Waals surface area contributed by atoms with Crippen molar-refractivity contribution in [2.24, 2.45) is 0 Å². The predicted octanol–water partition coefficient (Wildman–Crippen LogP) is 0.692. The first-order valence-electron chi connectivity index (χ1n) is 7.00. The number of carbonyl (C=O) groups is 2. The van der Waals surface area contributed by atoms with Crippen LogP contribution in [-0.4, -0.2) is 53.8 Å². The van der Waals surface area contributed by atoms with E-state index in [2.05, 4.69) is 0 Å². The quantitative estimate of drug-likeness (QED) is 0.887. The minimum Gasteiger partial charge on any atom is -0.481 e. The number of benzene rings is 1. The summed E-state index contributed by atoms with van der Waals surface area (Å²) in [6.45, 7) is 1.15. The van der Waals surface area contributed by atoms with Crippen LogP contribution in [0.5, 0.6) is 5.75 Å². The van der Waals surface area contributed by atoms with Crippen molar-refractivity contribution in [3.8, 4) is 5.75 Å². The monoisotopic (exact) mass is 291 g/mol. The van der Waals surface area contributed by atoms with Gasteiger partial charge in [-0.1, -0.05) is 18.2 Å². The Hall–Kier alpha value is -2.08. The highest BCUT2D eigenvalue weighted by Crippen LogP contribution is 2.29. The molecule has 1 saturated heterocycles. The number of morpholine rings is 1. The number of carbonyl (C=O) groups excluding carboxylic acids is 1. The number of nitrogens with zero attached hydrogens (tertiary/aromatic N) is 1. The second-order valence-corrected chi connectivity index (χ2v) is 5.29. The Morgan fingerprint density at radius 2 is 2.14 bits per heavy atom. The molecule has 0 spiro atoms. The third-order valence-electron chi connectivity index (χ3n) is 3.78. The molecule has 3 rings (SSSR count). The van der Waals surface area contributed by atoms with Gasteiger partial charge in [-0.05, 0) is 11.6 Å². The average molecular weight is 291 g/mol. The Morgan fingerprint density at radius 1 is 1.33 bits per heavy atom. The summed E-state index contributed by atoms with van der Waals surface area (Å²) in [6.07, 6.45) is -0.471. The number of para-hydroxylation sites is 1. The molecule has 6 heteroatoms. The van der Waals surface area contributed by atoms with Crippen LogP contribution in [0.15, 0.2) is 24.3 Å². The molecule has 0 saturated carbocycles. The van der Waals surface area contributed by atoms with E-state index in [9.17, 15) is 9.59 Å². The first kappa shape index (κ1) is 13.9. The van der Waals surface area contributed by atoms with Gasteiger partial charge in [-0.3, -0.25) is 9.59 Å². The van der Waals surface area contributed by atoms with Gasteiger partial charge in [0.25, 0.3) is 5.91 Å². The molecule has 2 heterocycles. The molecule has 0 bridgehead atoms. The molecule has 21 heavy (non-hydrogen) atoms. The summed E-state index contributed by atoms with van der Waals surface area (Å²) in [5.41, 5.74) is 1.03. The van der Waals surface area contributed by atoms with Gasteiger partial charge in [0.15, 0.2) is 6.10 Å². The number of carboxylic acid groups (broad SMARTS) is 1. The number of ether oxygens (including phenoxy) is 2. The van der Waals surface area contributed by atoms with Crippen LogP contribution in [-0.2, 0) is 20.7 Å². The zero-order valence-corrected chi connectivity index (χ0v) is 11.5. The Morgan fingerprint density at radius 3 is 2.90 bits per heavy atom. The van der Waals surface area contributed by atoms with Gasteiger partial charge in [-0.15, -0.1) is 0 Å². The molecule has 0 radical (unpaired) electrons. The van der Waals surface area contributed by atoms with Gasteiger partial charge in [-0.25, -0.2) is 0 Å². The van der Waals surface area contributed by atoms with Crippen molar-refractivity contribution < 1.29 is 24.2 Å². The van der Waals surface area contributed by atoms with Crippen molar-refractivity contribution in [1.29, 1.82) is 0 Å². The Kier molecular flexibility index (Phi) is 3.79. The summed E-state index contributed by atoms with van der Waals surface area (Å²) in [5.74, 6) is -0.255. The Labute approximate surface area is 122 Å². The lowest BCUT2D eigenvalue weighted by Gasteiger charge is -2.33. The van der Waals surface area contributed by atoms with Gasteiger partial charge in [0, 0.05) is 19.5 Å². The molecule has 0 unspecified atom stereocenters. The molecule has 2 atom stereocenters. The molecule has 0 aromatic heterocycles. The highest BCUT2D eigenvalue weighted by Gasteiger charge is 2.35. The molecule has 2 aliphatic heterocycles. The third kappa shape index (κ3) is 3.00. The van der Waals surface area contributed by atoms with E-state index >= 15 is 0 Å². The molecule has 1 fully saturated rings. The van der Waals surface area contributed by atoms with Crippen LogP contribution in [0.2, 0.25) is 0 Å². The van der Waals surface area contributed by atoms with Gasteiger partial charge in [0.05, 0.1) is 19.1 Å². The fourth-order valence-corrected chi connectivity index (χ4v) is 2.76. The summed E-state index contributed by atoms with van der Waals surface area (Å²) in [6, 6.07) is 7.61. The van der Waals surface area contributed by atoms with E-state index in [4.69, 9.17) is 14.6 Å². The highest BCUT2D eigenvalue weighted by atomic mass is 16.5. The number of rotatable bonds is 3. The number of aliphatic carboxylic acids is 1.